The molecule has 0 aromatic rings. The van der Waals surface area contributed by atoms with Crippen molar-refractivity contribution in [1.29, 1.82) is 0 Å². The monoisotopic (exact) mass is 273 g/mol. The molecule has 1 N–H and O–H groups in total. The fourth-order valence-corrected chi connectivity index (χ4v) is 1.48. The van der Waals surface area contributed by atoms with Crippen LogP contribution in [0.15, 0.2) is 0 Å². The van der Waals surface area contributed by atoms with Crippen LogP contribution >= 0.6 is 0 Å². The van der Waals surface area contributed by atoms with Gasteiger partial charge in [0.1, 0.15) is 11.9 Å². The summed E-state index contributed by atoms with van der Waals surface area (Å²) in [5.41, 5.74) is 0. The molecule has 1 radical (unpaired) electrons. The number of unbranched alkanes of at least 4 members (excludes halogenated alkanes) is 4. The molecule has 1 unspecified atom stereocenters. The largest absolute Gasteiger partial charge is 0.464 e. The zero-order valence-electron chi connectivity index (χ0n) is 11.5. The summed E-state index contributed by atoms with van der Waals surface area (Å²) in [6.45, 7) is 3.13. The molecule has 0 bridgehead atoms. The molecule has 0 saturated carbocycles. The van der Waals surface area contributed by atoms with Crippen LogP contribution in [0.25, 0.3) is 0 Å². The molecule has 0 heterocycles. The smallest absolute Gasteiger partial charge is 0.305 e. The minimum Gasteiger partial charge on any atom is -0.464 e. The van der Waals surface area contributed by atoms with Gasteiger partial charge in [0, 0.05) is 25.3 Å². The van der Waals surface area contributed by atoms with E-state index in [0.717, 1.165) is 32.1 Å². The van der Waals surface area contributed by atoms with Crippen LogP contribution in [0, 0.1) is 0 Å². The first-order valence-electron chi connectivity index (χ1n) is 5.99. The SMILES string of the molecule is CCCCCCCC(=O)OCC(C)S(=O)(=O)O.[Li]. The van der Waals surface area contributed by atoms with E-state index in [4.69, 9.17) is 9.29 Å². The minimum absolute atomic E-state index is 0. The van der Waals surface area contributed by atoms with Crippen LogP contribution in [0.5, 0.6) is 0 Å². The fourth-order valence-electron chi connectivity index (χ4n) is 1.24. The van der Waals surface area contributed by atoms with Crippen LogP contribution in [0.1, 0.15) is 52.4 Å². The summed E-state index contributed by atoms with van der Waals surface area (Å²) in [6.07, 6.45) is 5.47. The topological polar surface area (TPSA) is 80.7 Å². The van der Waals surface area contributed by atoms with Crippen molar-refractivity contribution in [2.45, 2.75) is 57.6 Å². The van der Waals surface area contributed by atoms with Gasteiger partial charge in [0.25, 0.3) is 10.1 Å². The Kier molecular flexibility index (Phi) is 12.2. The summed E-state index contributed by atoms with van der Waals surface area (Å²) in [6, 6.07) is 0. The molecule has 0 amide bonds. The van der Waals surface area contributed by atoms with E-state index in [1.54, 1.807) is 0 Å². The molecule has 0 aromatic heterocycles. The average molecular weight is 273 g/mol. The zero-order valence-corrected chi connectivity index (χ0v) is 12.3. The standard InChI is InChI=1S/C11H22O5S.Li/c1-3-4-5-6-7-8-11(12)16-9-10(2)17(13,14)15;/h10H,3-9H2,1-2H3,(H,13,14,15);. The van der Waals surface area contributed by atoms with Gasteiger partial charge in [-0.2, -0.15) is 8.42 Å². The van der Waals surface area contributed by atoms with Crippen molar-refractivity contribution < 1.29 is 22.5 Å². The van der Waals surface area contributed by atoms with Crippen molar-refractivity contribution in [2.75, 3.05) is 6.61 Å². The van der Waals surface area contributed by atoms with Crippen LogP contribution < -0.4 is 0 Å². The summed E-state index contributed by atoms with van der Waals surface area (Å²) >= 11 is 0. The minimum atomic E-state index is -4.11. The van der Waals surface area contributed by atoms with Crippen molar-refractivity contribution in [3.8, 4) is 0 Å². The van der Waals surface area contributed by atoms with Gasteiger partial charge in [0.05, 0.1) is 0 Å². The molecule has 0 aliphatic rings. The molecule has 7 heteroatoms. The first kappa shape index (κ1) is 20.3. The Morgan fingerprint density at radius 3 is 2.28 bits per heavy atom. The molecule has 0 fully saturated rings. The van der Waals surface area contributed by atoms with E-state index < -0.39 is 21.3 Å². The second kappa shape index (κ2) is 10.9. The summed E-state index contributed by atoms with van der Waals surface area (Å²) in [5.74, 6) is -0.406. The second-order valence-corrected chi connectivity index (χ2v) is 6.01. The van der Waals surface area contributed by atoms with Crippen molar-refractivity contribution in [3.05, 3.63) is 0 Å². The van der Waals surface area contributed by atoms with Gasteiger partial charge in [0.2, 0.25) is 0 Å². The molecule has 5 nitrogen and oxygen atoms in total. The second-order valence-electron chi connectivity index (χ2n) is 4.17. The van der Waals surface area contributed by atoms with Crippen LogP contribution in [-0.4, -0.2) is 49.7 Å². The maximum atomic E-state index is 11.2. The Labute approximate surface area is 122 Å². The van der Waals surface area contributed by atoms with E-state index in [0.29, 0.717) is 6.42 Å². The normalized spacial score (nSPS) is 12.6. The molecule has 0 aliphatic heterocycles. The van der Waals surface area contributed by atoms with Gasteiger partial charge in [0.15, 0.2) is 0 Å². The van der Waals surface area contributed by atoms with Gasteiger partial charge in [-0.1, -0.05) is 32.6 Å². The summed E-state index contributed by atoms with van der Waals surface area (Å²) < 4.78 is 34.7. The Morgan fingerprint density at radius 2 is 1.78 bits per heavy atom. The zero-order chi connectivity index (χ0) is 13.3. The van der Waals surface area contributed by atoms with Crippen molar-refractivity contribution >= 4 is 34.9 Å². The van der Waals surface area contributed by atoms with Gasteiger partial charge < -0.3 is 4.74 Å². The first-order chi connectivity index (χ1) is 7.88. The van der Waals surface area contributed by atoms with E-state index in [-0.39, 0.29) is 25.5 Å². The third-order valence-corrected chi connectivity index (χ3v) is 3.62. The number of carbonyl (C=O) groups is 1. The quantitative estimate of drug-likeness (QED) is 0.300. The maximum Gasteiger partial charge on any atom is 0.305 e. The molecule has 0 rings (SSSR count). The molecular formula is C11H22LiO5S. The third-order valence-electron chi connectivity index (χ3n) is 2.47. The van der Waals surface area contributed by atoms with E-state index in [2.05, 4.69) is 6.92 Å². The maximum absolute atomic E-state index is 11.2. The Hall–Kier alpha value is -0.0226. The number of esters is 1. The molecule has 1 atom stereocenters. The van der Waals surface area contributed by atoms with Gasteiger partial charge in [-0.05, 0) is 13.3 Å². The van der Waals surface area contributed by atoms with Crippen LogP contribution in [0.2, 0.25) is 0 Å². The van der Waals surface area contributed by atoms with Gasteiger partial charge in [-0.3, -0.25) is 9.35 Å². The first-order valence-corrected chi connectivity index (χ1v) is 7.50. The fraction of sp³-hybridized carbons (Fsp3) is 0.909. The van der Waals surface area contributed by atoms with Gasteiger partial charge >= 0.3 is 5.97 Å². The van der Waals surface area contributed by atoms with Crippen LogP contribution in [0.4, 0.5) is 0 Å². The number of rotatable bonds is 9. The number of ether oxygens (including phenoxy) is 1. The number of hydrogen-bond acceptors (Lipinski definition) is 4. The van der Waals surface area contributed by atoms with Crippen molar-refractivity contribution in [3.63, 3.8) is 0 Å². The van der Waals surface area contributed by atoms with Crippen molar-refractivity contribution in [2.24, 2.45) is 0 Å². The molecule has 103 valence electrons. The molecule has 0 saturated heterocycles. The van der Waals surface area contributed by atoms with Gasteiger partial charge in [-0.15, -0.1) is 0 Å². The Morgan fingerprint density at radius 1 is 1.22 bits per heavy atom. The predicted octanol–water partition coefficient (Wildman–Crippen LogP) is 1.79. The third kappa shape index (κ3) is 11.1. The molecule has 18 heavy (non-hydrogen) atoms. The number of carbonyl (C=O) groups excluding carboxylic acids is 1. The number of hydrogen-bond donors (Lipinski definition) is 1. The average Bonchev–Trinajstić information content (AvgIpc) is 2.24. The van der Waals surface area contributed by atoms with E-state index in [1.807, 2.05) is 0 Å². The molecule has 0 aliphatic carbocycles. The molecule has 0 spiro atoms. The molecular weight excluding hydrogens is 251 g/mol. The summed E-state index contributed by atoms with van der Waals surface area (Å²) in [4.78, 5) is 11.2. The Bertz CT molecular complexity index is 315. The van der Waals surface area contributed by atoms with Gasteiger partial charge in [-0.25, -0.2) is 0 Å². The van der Waals surface area contributed by atoms with Crippen molar-refractivity contribution in [1.82, 2.24) is 0 Å². The predicted molar refractivity (Wildman–Crippen MR) is 71.1 cm³/mol. The molecule has 0 aromatic carbocycles. The summed E-state index contributed by atoms with van der Waals surface area (Å²) in [5, 5.41) is -1.06. The van der Waals surface area contributed by atoms with E-state index in [1.165, 1.54) is 6.92 Å². The van der Waals surface area contributed by atoms with E-state index >= 15 is 0 Å². The van der Waals surface area contributed by atoms with E-state index in [9.17, 15) is 13.2 Å². The van der Waals surface area contributed by atoms with Crippen LogP contribution in [0.3, 0.4) is 0 Å². The Balaban J connectivity index is 0. The van der Waals surface area contributed by atoms with Crippen LogP contribution in [-0.2, 0) is 19.6 Å². The summed E-state index contributed by atoms with van der Waals surface area (Å²) in [7, 11) is -4.11.